The number of rotatable bonds is 2. The molecule has 0 heterocycles. The van der Waals surface area contributed by atoms with E-state index in [2.05, 4.69) is 0 Å². The second-order valence-electron chi connectivity index (χ2n) is 2.34. The molecule has 0 atom stereocenters. The highest BCUT2D eigenvalue weighted by atomic mass is 19.2. The molecule has 0 spiro atoms. The summed E-state index contributed by atoms with van der Waals surface area (Å²) in [5.41, 5.74) is 0.205. The summed E-state index contributed by atoms with van der Waals surface area (Å²) in [6.45, 7) is -0.210. The summed E-state index contributed by atoms with van der Waals surface area (Å²) in [4.78, 5) is 0. The lowest BCUT2D eigenvalue weighted by Gasteiger charge is -2.03. The van der Waals surface area contributed by atoms with Gasteiger partial charge in [-0.15, -0.1) is 0 Å². The van der Waals surface area contributed by atoms with E-state index in [0.29, 0.717) is 0 Å². The Balaban J connectivity index is 3.08. The zero-order valence-electron chi connectivity index (χ0n) is 6.22. The van der Waals surface area contributed by atoms with E-state index in [0.717, 1.165) is 6.07 Å². The van der Waals surface area contributed by atoms with Crippen LogP contribution in [0.4, 0.5) is 8.78 Å². The van der Waals surface area contributed by atoms with Crippen molar-refractivity contribution in [3.8, 4) is 5.75 Å². The minimum Gasteiger partial charge on any atom is -0.505 e. The lowest BCUT2D eigenvalue weighted by atomic mass is 10.1. The van der Waals surface area contributed by atoms with E-state index in [4.69, 9.17) is 10.2 Å². The van der Waals surface area contributed by atoms with Gasteiger partial charge < -0.3 is 10.2 Å². The molecule has 4 heteroatoms. The summed E-state index contributed by atoms with van der Waals surface area (Å²) < 4.78 is 25.0. The maximum atomic E-state index is 12.6. The molecule has 1 aromatic carbocycles. The standard InChI is InChI=1S/C8H8F2O2/c9-6-2-1-5(3-4-11)8(12)7(6)10/h1-2,11-12H,3-4H2. The number of benzene rings is 1. The molecule has 2 nitrogen and oxygen atoms in total. The summed E-state index contributed by atoms with van der Waals surface area (Å²) in [5, 5.41) is 17.5. The number of aliphatic hydroxyl groups is 1. The van der Waals surface area contributed by atoms with Crippen LogP contribution in [-0.4, -0.2) is 16.8 Å². The van der Waals surface area contributed by atoms with E-state index in [1.54, 1.807) is 0 Å². The Hall–Kier alpha value is -1.16. The molecule has 0 saturated carbocycles. The van der Waals surface area contributed by atoms with Crippen LogP contribution < -0.4 is 0 Å². The number of aliphatic hydroxyl groups excluding tert-OH is 1. The van der Waals surface area contributed by atoms with Crippen molar-refractivity contribution in [1.29, 1.82) is 0 Å². The number of halogens is 2. The van der Waals surface area contributed by atoms with Gasteiger partial charge in [-0.2, -0.15) is 4.39 Å². The molecule has 0 bridgehead atoms. The van der Waals surface area contributed by atoms with Crippen molar-refractivity contribution in [2.75, 3.05) is 6.61 Å². The fourth-order valence-corrected chi connectivity index (χ4v) is 0.902. The molecule has 0 aromatic heterocycles. The third-order valence-electron chi connectivity index (χ3n) is 1.53. The van der Waals surface area contributed by atoms with Gasteiger partial charge in [0.15, 0.2) is 11.6 Å². The van der Waals surface area contributed by atoms with Gasteiger partial charge in [0.25, 0.3) is 0 Å². The number of phenolic OH excluding ortho intramolecular Hbond substituents is 1. The van der Waals surface area contributed by atoms with Crippen molar-refractivity contribution >= 4 is 0 Å². The van der Waals surface area contributed by atoms with E-state index >= 15 is 0 Å². The fraction of sp³-hybridized carbons (Fsp3) is 0.250. The number of aromatic hydroxyl groups is 1. The average molecular weight is 174 g/mol. The summed E-state index contributed by atoms with van der Waals surface area (Å²) in [7, 11) is 0. The summed E-state index contributed by atoms with van der Waals surface area (Å²) >= 11 is 0. The maximum absolute atomic E-state index is 12.6. The normalized spacial score (nSPS) is 10.2. The lowest BCUT2D eigenvalue weighted by Crippen LogP contribution is -1.94. The van der Waals surface area contributed by atoms with E-state index in [9.17, 15) is 8.78 Å². The molecule has 0 saturated heterocycles. The van der Waals surface area contributed by atoms with Gasteiger partial charge in [-0.25, -0.2) is 4.39 Å². The van der Waals surface area contributed by atoms with E-state index < -0.39 is 17.4 Å². The third-order valence-corrected chi connectivity index (χ3v) is 1.53. The molecule has 66 valence electrons. The predicted molar refractivity (Wildman–Crippen MR) is 38.8 cm³/mol. The Morgan fingerprint density at radius 2 is 1.92 bits per heavy atom. The predicted octanol–water partition coefficient (Wildman–Crippen LogP) is 1.21. The first kappa shape index (κ1) is 8.93. The van der Waals surface area contributed by atoms with Crippen molar-refractivity contribution in [3.63, 3.8) is 0 Å². The zero-order valence-corrected chi connectivity index (χ0v) is 6.22. The molecule has 1 rings (SSSR count). The molecular formula is C8H8F2O2. The van der Waals surface area contributed by atoms with Crippen molar-refractivity contribution in [2.24, 2.45) is 0 Å². The first-order valence-electron chi connectivity index (χ1n) is 3.43. The lowest BCUT2D eigenvalue weighted by molar-refractivity contribution is 0.296. The van der Waals surface area contributed by atoms with Crippen LogP contribution in [0.25, 0.3) is 0 Å². The monoisotopic (exact) mass is 174 g/mol. The van der Waals surface area contributed by atoms with Gasteiger partial charge in [0.1, 0.15) is 0 Å². The number of hydrogen-bond acceptors (Lipinski definition) is 2. The minimum absolute atomic E-state index is 0.114. The van der Waals surface area contributed by atoms with Crippen molar-refractivity contribution in [2.45, 2.75) is 6.42 Å². The van der Waals surface area contributed by atoms with E-state index in [-0.39, 0.29) is 18.6 Å². The van der Waals surface area contributed by atoms with Gasteiger partial charge >= 0.3 is 0 Å². The molecule has 0 aliphatic carbocycles. The topological polar surface area (TPSA) is 40.5 Å². The summed E-state index contributed by atoms with van der Waals surface area (Å²) in [5.74, 6) is -3.07. The Morgan fingerprint density at radius 3 is 2.50 bits per heavy atom. The quantitative estimate of drug-likeness (QED) is 0.707. The average Bonchev–Trinajstić information content (AvgIpc) is 2.07. The van der Waals surface area contributed by atoms with Crippen LogP contribution in [0.1, 0.15) is 5.56 Å². The molecule has 1 aromatic rings. The van der Waals surface area contributed by atoms with Crippen LogP contribution in [0, 0.1) is 11.6 Å². The number of hydrogen-bond donors (Lipinski definition) is 2. The van der Waals surface area contributed by atoms with Crippen LogP contribution in [0.3, 0.4) is 0 Å². The Labute approximate surface area is 68.1 Å². The van der Waals surface area contributed by atoms with Crippen LogP contribution in [0.15, 0.2) is 12.1 Å². The minimum atomic E-state index is -1.26. The molecule has 0 aliphatic heterocycles. The molecule has 12 heavy (non-hydrogen) atoms. The highest BCUT2D eigenvalue weighted by Crippen LogP contribution is 2.23. The summed E-state index contributed by atoms with van der Waals surface area (Å²) in [6, 6.07) is 2.16. The van der Waals surface area contributed by atoms with Gasteiger partial charge in [0.2, 0.25) is 5.82 Å². The van der Waals surface area contributed by atoms with Gasteiger partial charge in [-0.1, -0.05) is 6.07 Å². The van der Waals surface area contributed by atoms with Gasteiger partial charge in [-0.05, 0) is 18.1 Å². The SMILES string of the molecule is OCCc1ccc(F)c(F)c1O. The first-order chi connectivity index (χ1) is 5.66. The maximum Gasteiger partial charge on any atom is 0.200 e. The third kappa shape index (κ3) is 1.53. The zero-order chi connectivity index (χ0) is 9.14. The molecule has 2 N–H and O–H groups in total. The highest BCUT2D eigenvalue weighted by molar-refractivity contribution is 5.34. The second-order valence-corrected chi connectivity index (χ2v) is 2.34. The van der Waals surface area contributed by atoms with Gasteiger partial charge in [-0.3, -0.25) is 0 Å². The highest BCUT2D eigenvalue weighted by Gasteiger charge is 2.11. The molecule has 0 aliphatic rings. The van der Waals surface area contributed by atoms with Gasteiger partial charge in [0.05, 0.1) is 0 Å². The van der Waals surface area contributed by atoms with Crippen LogP contribution >= 0.6 is 0 Å². The molecule has 0 amide bonds. The Bertz CT molecular complexity index is 287. The van der Waals surface area contributed by atoms with E-state index in [1.807, 2.05) is 0 Å². The van der Waals surface area contributed by atoms with Crippen LogP contribution in [0.2, 0.25) is 0 Å². The molecule has 0 fully saturated rings. The van der Waals surface area contributed by atoms with Crippen LogP contribution in [0.5, 0.6) is 5.75 Å². The molecule has 0 unspecified atom stereocenters. The van der Waals surface area contributed by atoms with Crippen molar-refractivity contribution < 1.29 is 19.0 Å². The van der Waals surface area contributed by atoms with Crippen molar-refractivity contribution in [1.82, 2.24) is 0 Å². The first-order valence-corrected chi connectivity index (χ1v) is 3.43. The smallest absolute Gasteiger partial charge is 0.200 e. The fourth-order valence-electron chi connectivity index (χ4n) is 0.902. The molecule has 0 radical (unpaired) electrons. The van der Waals surface area contributed by atoms with E-state index in [1.165, 1.54) is 6.07 Å². The van der Waals surface area contributed by atoms with Crippen molar-refractivity contribution in [3.05, 3.63) is 29.3 Å². The summed E-state index contributed by atoms with van der Waals surface area (Å²) in [6.07, 6.45) is 0.114. The second kappa shape index (κ2) is 3.49. The van der Waals surface area contributed by atoms with Crippen LogP contribution in [-0.2, 0) is 6.42 Å². The Kier molecular flexibility index (Phi) is 2.60. The largest absolute Gasteiger partial charge is 0.505 e. The molecular weight excluding hydrogens is 166 g/mol. The van der Waals surface area contributed by atoms with Gasteiger partial charge in [0, 0.05) is 6.61 Å². The number of phenols is 1. The Morgan fingerprint density at radius 1 is 1.25 bits per heavy atom.